The molecule has 0 unspecified atom stereocenters. The largest absolute Gasteiger partial charge is 0.373 e. The van der Waals surface area contributed by atoms with Crippen LogP contribution in [0.25, 0.3) is 10.9 Å². The van der Waals surface area contributed by atoms with Crippen LogP contribution in [0.1, 0.15) is 43.2 Å². The average Bonchev–Trinajstić information content (AvgIpc) is 3.32. The van der Waals surface area contributed by atoms with E-state index in [1.54, 1.807) is 12.3 Å². The number of aromatic amines is 1. The fraction of sp³-hybridized carbons (Fsp3) is 0.364. The van der Waals surface area contributed by atoms with Gasteiger partial charge in [-0.15, -0.1) is 0 Å². The van der Waals surface area contributed by atoms with Crippen molar-refractivity contribution in [3.05, 3.63) is 64.0 Å². The number of rotatable bonds is 6. The third-order valence-electron chi connectivity index (χ3n) is 5.55. The van der Waals surface area contributed by atoms with Gasteiger partial charge in [-0.05, 0) is 55.2 Å². The highest BCUT2D eigenvalue weighted by Gasteiger charge is 2.30. The lowest BCUT2D eigenvalue weighted by Gasteiger charge is -2.24. The van der Waals surface area contributed by atoms with E-state index in [0.717, 1.165) is 41.5 Å². The molecule has 2 N–H and O–H groups in total. The number of ether oxygens (including phenoxy) is 1. The van der Waals surface area contributed by atoms with Gasteiger partial charge in [0.2, 0.25) is 5.91 Å². The van der Waals surface area contributed by atoms with E-state index in [4.69, 9.17) is 27.9 Å². The summed E-state index contributed by atoms with van der Waals surface area (Å²) in [5.41, 5.74) is 2.63. The topological polar surface area (TPSA) is 67.0 Å². The number of carbonyl (C=O) groups excluding carboxylic acids is 1. The van der Waals surface area contributed by atoms with Crippen molar-refractivity contribution in [1.29, 1.82) is 0 Å². The Morgan fingerprint density at radius 3 is 2.93 bits per heavy atom. The van der Waals surface area contributed by atoms with Gasteiger partial charge in [0.15, 0.2) is 0 Å². The summed E-state index contributed by atoms with van der Waals surface area (Å²) >= 11 is 12.2. The molecule has 1 aromatic carbocycles. The molecule has 0 spiro atoms. The number of pyridine rings is 1. The van der Waals surface area contributed by atoms with Crippen molar-refractivity contribution in [3.63, 3.8) is 0 Å². The molecule has 1 saturated heterocycles. The smallest absolute Gasteiger partial charge is 0.221 e. The molecule has 3 heterocycles. The van der Waals surface area contributed by atoms with E-state index in [9.17, 15) is 4.79 Å². The first-order chi connectivity index (χ1) is 13.9. The molecule has 1 amide bonds. The Hall–Kier alpha value is -2.08. The number of hydrogen-bond donors (Lipinski definition) is 2. The lowest BCUT2D eigenvalue weighted by molar-refractivity contribution is -0.122. The highest BCUT2D eigenvalue weighted by Crippen LogP contribution is 2.34. The first kappa shape index (κ1) is 20.2. The van der Waals surface area contributed by atoms with Crippen LogP contribution in [0.3, 0.4) is 0 Å². The third-order valence-corrected chi connectivity index (χ3v) is 6.01. The zero-order valence-electron chi connectivity index (χ0n) is 16.2. The molecule has 2 atom stereocenters. The molecular weight excluding hydrogens is 409 g/mol. The van der Waals surface area contributed by atoms with E-state index in [1.807, 2.05) is 37.4 Å². The minimum atomic E-state index is -0.276. The molecule has 0 saturated carbocycles. The summed E-state index contributed by atoms with van der Waals surface area (Å²) in [5.74, 6) is -0.206. The molecule has 1 aliphatic rings. The van der Waals surface area contributed by atoms with Gasteiger partial charge >= 0.3 is 0 Å². The van der Waals surface area contributed by atoms with Gasteiger partial charge in [0, 0.05) is 53.8 Å². The molecule has 1 aliphatic heterocycles. The zero-order valence-corrected chi connectivity index (χ0v) is 17.7. The van der Waals surface area contributed by atoms with Crippen LogP contribution in [0, 0.1) is 0 Å². The number of benzene rings is 1. The number of halogens is 2. The number of aromatic nitrogens is 2. The Labute approximate surface area is 179 Å². The minimum absolute atomic E-state index is 0.0296. The first-order valence-corrected chi connectivity index (χ1v) is 10.5. The molecule has 0 bridgehead atoms. The highest BCUT2D eigenvalue weighted by atomic mass is 35.5. The van der Waals surface area contributed by atoms with Gasteiger partial charge in [0.25, 0.3) is 0 Å². The maximum Gasteiger partial charge on any atom is 0.221 e. The number of H-pyrrole nitrogens is 1. The fourth-order valence-electron chi connectivity index (χ4n) is 3.92. The second-order valence-electron chi connectivity index (χ2n) is 7.78. The van der Waals surface area contributed by atoms with Gasteiger partial charge in [0.1, 0.15) is 5.15 Å². The summed E-state index contributed by atoms with van der Waals surface area (Å²) in [6.45, 7) is 3.31. The summed E-state index contributed by atoms with van der Waals surface area (Å²) < 4.78 is 5.78. The van der Waals surface area contributed by atoms with Gasteiger partial charge in [-0.1, -0.05) is 29.3 Å². The van der Waals surface area contributed by atoms with Crippen molar-refractivity contribution >= 4 is 40.0 Å². The van der Waals surface area contributed by atoms with Crippen molar-refractivity contribution in [3.8, 4) is 0 Å². The quantitative estimate of drug-likeness (QED) is 0.534. The lowest BCUT2D eigenvalue weighted by atomic mass is 9.89. The molecule has 7 heteroatoms. The minimum Gasteiger partial charge on any atom is -0.373 e. The second-order valence-corrected chi connectivity index (χ2v) is 8.61. The Morgan fingerprint density at radius 1 is 1.34 bits per heavy atom. The first-order valence-electron chi connectivity index (χ1n) is 9.72. The normalized spacial score (nSPS) is 20.1. The van der Waals surface area contributed by atoms with Gasteiger partial charge in [-0.3, -0.25) is 4.79 Å². The Morgan fingerprint density at radius 2 is 2.21 bits per heavy atom. The van der Waals surface area contributed by atoms with Crippen LogP contribution in [0.4, 0.5) is 0 Å². The van der Waals surface area contributed by atoms with Crippen LogP contribution >= 0.6 is 23.2 Å². The Bertz CT molecular complexity index is 1010. The summed E-state index contributed by atoms with van der Waals surface area (Å²) in [4.78, 5) is 20.3. The van der Waals surface area contributed by atoms with Crippen molar-refractivity contribution in [2.24, 2.45) is 0 Å². The van der Waals surface area contributed by atoms with Gasteiger partial charge < -0.3 is 15.0 Å². The number of carbonyl (C=O) groups is 1. The third kappa shape index (κ3) is 4.58. The van der Waals surface area contributed by atoms with E-state index in [1.165, 1.54) is 0 Å². The van der Waals surface area contributed by atoms with Crippen LogP contribution in [0.2, 0.25) is 10.2 Å². The number of fused-ring (bicyclic) bond motifs is 1. The number of nitrogens with one attached hydrogen (secondary N) is 2. The molecule has 5 nitrogen and oxygen atoms in total. The Balaban J connectivity index is 1.61. The molecule has 2 aromatic heterocycles. The zero-order chi connectivity index (χ0) is 20.4. The predicted octanol–water partition coefficient (Wildman–Crippen LogP) is 5.08. The van der Waals surface area contributed by atoms with Crippen molar-refractivity contribution in [1.82, 2.24) is 15.3 Å². The van der Waals surface area contributed by atoms with Crippen LogP contribution in [0.5, 0.6) is 0 Å². The molecule has 29 heavy (non-hydrogen) atoms. The van der Waals surface area contributed by atoms with E-state index >= 15 is 0 Å². The summed E-state index contributed by atoms with van der Waals surface area (Å²) in [5, 5.41) is 5.12. The van der Waals surface area contributed by atoms with Crippen LogP contribution in [-0.4, -0.2) is 34.6 Å². The lowest BCUT2D eigenvalue weighted by Crippen LogP contribution is -2.40. The van der Waals surface area contributed by atoms with E-state index in [-0.39, 0.29) is 17.4 Å². The molecular formula is C22H23Cl2N3O2. The summed E-state index contributed by atoms with van der Waals surface area (Å²) in [6, 6.07) is 9.37. The average molecular weight is 432 g/mol. The monoisotopic (exact) mass is 431 g/mol. The fourth-order valence-corrected chi connectivity index (χ4v) is 4.21. The molecule has 0 aliphatic carbocycles. The van der Waals surface area contributed by atoms with Crippen LogP contribution in [-0.2, 0) is 9.53 Å². The predicted molar refractivity (Wildman–Crippen MR) is 116 cm³/mol. The van der Waals surface area contributed by atoms with Gasteiger partial charge in [-0.2, -0.15) is 0 Å². The van der Waals surface area contributed by atoms with E-state index in [2.05, 4.69) is 15.3 Å². The molecule has 0 radical (unpaired) electrons. The van der Waals surface area contributed by atoms with Gasteiger partial charge in [-0.25, -0.2) is 4.98 Å². The number of hydrogen-bond acceptors (Lipinski definition) is 3. The molecule has 152 valence electrons. The molecule has 4 rings (SSSR count). The van der Waals surface area contributed by atoms with Crippen molar-refractivity contribution in [2.45, 2.75) is 37.7 Å². The molecule has 3 aromatic rings. The number of amides is 1. The maximum atomic E-state index is 12.8. The Kier molecular flexibility index (Phi) is 5.81. The summed E-state index contributed by atoms with van der Waals surface area (Å²) in [6.07, 6.45) is 5.94. The maximum absolute atomic E-state index is 12.8. The second kappa shape index (κ2) is 8.34. The summed E-state index contributed by atoms with van der Waals surface area (Å²) in [7, 11) is 0. The molecule has 1 fully saturated rings. The standard InChI is InChI=1S/C22H23Cl2N3O2/c1-22(7-2-8-29-22)13-27-21(28)10-16(14-3-6-20(24)26-11-14)18-12-25-19-5-4-15(23)9-17(18)19/h3-6,9,11-12,16,25H,2,7-8,10,13H2,1H3,(H,27,28)/t16-,22+/m0/s1. The van der Waals surface area contributed by atoms with Gasteiger partial charge in [0.05, 0.1) is 5.60 Å². The van der Waals surface area contributed by atoms with E-state index < -0.39 is 0 Å². The van der Waals surface area contributed by atoms with Crippen LogP contribution < -0.4 is 5.32 Å². The number of nitrogens with zero attached hydrogens (tertiary/aromatic N) is 1. The van der Waals surface area contributed by atoms with Crippen molar-refractivity contribution in [2.75, 3.05) is 13.2 Å². The van der Waals surface area contributed by atoms with Crippen LogP contribution in [0.15, 0.2) is 42.7 Å². The van der Waals surface area contributed by atoms with Crippen molar-refractivity contribution < 1.29 is 9.53 Å². The SMILES string of the molecule is C[C@]1(CNC(=O)C[C@@H](c2ccc(Cl)nc2)c2c[nH]c3ccc(Cl)cc23)CCCO1. The highest BCUT2D eigenvalue weighted by molar-refractivity contribution is 6.31. The van der Waals surface area contributed by atoms with E-state index in [0.29, 0.717) is 23.1 Å².